The zero-order valence-corrected chi connectivity index (χ0v) is 27.8. The number of fused-ring (bicyclic) bond motifs is 1. The summed E-state index contributed by atoms with van der Waals surface area (Å²) in [7, 11) is 0. The number of β-lactam (4-membered cyclic amide) rings is 1. The molecule has 3 aromatic rings. The number of nitrogens with one attached hydrogen (secondary N) is 2. The highest BCUT2D eigenvalue weighted by Crippen LogP contribution is 2.44. The number of hydrogen-bond donors (Lipinski definition) is 5. The summed E-state index contributed by atoms with van der Waals surface area (Å²) in [6.45, 7) is -1.05. The Morgan fingerprint density at radius 2 is 1.92 bits per heavy atom. The summed E-state index contributed by atoms with van der Waals surface area (Å²) < 4.78 is 52.5. The molecule has 5 rings (SSSR count). The van der Waals surface area contributed by atoms with Crippen LogP contribution in [0.1, 0.15) is 11.3 Å². The first kappa shape index (κ1) is 37.4. The molecule has 0 radical (unpaired) electrons. The highest BCUT2D eigenvalue weighted by molar-refractivity contribution is 8.00. The summed E-state index contributed by atoms with van der Waals surface area (Å²) in [5.41, 5.74) is -1.98. The van der Waals surface area contributed by atoms with Gasteiger partial charge in [-0.25, -0.2) is 18.9 Å². The van der Waals surface area contributed by atoms with Gasteiger partial charge >= 0.3 is 24.0 Å². The smallest absolute Gasteiger partial charge is 0.471 e. The number of alkyl halides is 3. The lowest BCUT2D eigenvalue weighted by atomic mass is 9.89. The number of aromatic nitrogens is 5. The van der Waals surface area contributed by atoms with Crippen LogP contribution in [0.5, 0.6) is 0 Å². The summed E-state index contributed by atoms with van der Waals surface area (Å²) >= 11 is 2.47. The number of aliphatic hydroxyl groups is 1. The molecule has 25 heteroatoms. The highest BCUT2D eigenvalue weighted by Gasteiger charge is 2.57. The fourth-order valence-electron chi connectivity index (χ4n) is 4.54. The van der Waals surface area contributed by atoms with Crippen molar-refractivity contribution in [1.29, 1.82) is 0 Å². The first-order chi connectivity index (χ1) is 24.1. The molecule has 2 aromatic heterocycles. The van der Waals surface area contributed by atoms with E-state index in [1.54, 1.807) is 5.32 Å². The number of amides is 3. The summed E-state index contributed by atoms with van der Waals surface area (Å²) in [5, 5.41) is 47.2. The van der Waals surface area contributed by atoms with Crippen LogP contribution in [0.3, 0.4) is 0 Å². The minimum Gasteiger partial charge on any atom is -0.481 e. The standard InChI is InChI=1S/C26H23F4N9O9S3/c27-12-3-1-11(2-4-12)6-48-35-15(13-7-49-23(31-13)33-21(45)26(28,29)30)17(41)32-16-18(42)38-8-25(22(46)47,9-50-19(16)38)10-51-24-34-36-37-39(24)5-14(40)20(43)44/h1-4,7,14,16,19,40H,5-6,8-10H2,(H,32,41)(H,43,44)(H,46,47)(H,31,33,45)/t14?,16?,19-,25?/m1/s1. The van der Waals surface area contributed by atoms with Crippen molar-refractivity contribution in [1.82, 2.24) is 35.4 Å². The largest absolute Gasteiger partial charge is 0.481 e. The quantitative estimate of drug-likeness (QED) is 0.0489. The second kappa shape index (κ2) is 15.2. The number of carboxylic acid groups (broad SMARTS) is 2. The number of oxime groups is 1. The van der Waals surface area contributed by atoms with Gasteiger partial charge in [-0.2, -0.15) is 13.2 Å². The van der Waals surface area contributed by atoms with Crippen molar-refractivity contribution in [2.75, 3.05) is 23.4 Å². The third-order valence-electron chi connectivity index (χ3n) is 7.23. The van der Waals surface area contributed by atoms with Crippen LogP contribution in [0.15, 0.2) is 40.0 Å². The van der Waals surface area contributed by atoms with E-state index in [4.69, 9.17) is 9.94 Å². The molecule has 2 fully saturated rings. The molecule has 4 heterocycles. The topological polar surface area (TPSA) is 251 Å². The van der Waals surface area contributed by atoms with E-state index in [9.17, 15) is 51.7 Å². The Kier molecular flexibility index (Phi) is 11.1. The van der Waals surface area contributed by atoms with E-state index >= 15 is 0 Å². The van der Waals surface area contributed by atoms with Crippen LogP contribution in [0.4, 0.5) is 22.7 Å². The van der Waals surface area contributed by atoms with E-state index in [-0.39, 0.29) is 35.5 Å². The van der Waals surface area contributed by atoms with Gasteiger partial charge in [-0.05, 0) is 28.1 Å². The Hall–Kier alpha value is -4.88. The highest BCUT2D eigenvalue weighted by atomic mass is 32.2. The molecule has 18 nitrogen and oxygen atoms in total. The normalized spacial score (nSPS) is 20.9. The maximum absolute atomic E-state index is 13.4. The maximum Gasteiger partial charge on any atom is 0.471 e. The van der Waals surface area contributed by atoms with Crippen molar-refractivity contribution in [2.45, 2.75) is 42.0 Å². The number of tetrazole rings is 1. The zero-order chi connectivity index (χ0) is 37.1. The SMILES string of the molecule is O=C(NC1C(=O)N2CC(CSc3nnnn3CC(O)C(=O)O)(C(=O)O)CS[C@H]12)C(=NOCc1ccc(F)cc1)c1csc(NC(=O)C(F)(F)F)n1. The maximum atomic E-state index is 13.4. The number of halogens is 4. The number of aliphatic carboxylic acids is 2. The fraction of sp³-hybridized carbons (Fsp3) is 0.385. The number of thioether (sulfide) groups is 2. The number of thiazole rings is 1. The molecule has 51 heavy (non-hydrogen) atoms. The third-order valence-corrected chi connectivity index (χ3v) is 10.8. The minimum atomic E-state index is -5.22. The predicted molar refractivity (Wildman–Crippen MR) is 167 cm³/mol. The molecule has 2 aliphatic heterocycles. The van der Waals surface area contributed by atoms with Crippen LogP contribution >= 0.6 is 34.9 Å². The molecule has 0 saturated carbocycles. The van der Waals surface area contributed by atoms with Crippen LogP contribution in [0.2, 0.25) is 0 Å². The average molecular weight is 778 g/mol. The van der Waals surface area contributed by atoms with Gasteiger partial charge in [-0.15, -0.1) is 28.2 Å². The summed E-state index contributed by atoms with van der Waals surface area (Å²) in [6.07, 6.45) is -7.04. The predicted octanol–water partition coefficient (Wildman–Crippen LogP) is 0.399. The lowest BCUT2D eigenvalue weighted by Gasteiger charge is -2.53. The Labute approximate surface area is 294 Å². The Balaban J connectivity index is 1.27. The van der Waals surface area contributed by atoms with Crippen molar-refractivity contribution in [3.63, 3.8) is 0 Å². The van der Waals surface area contributed by atoms with E-state index in [1.165, 1.54) is 17.0 Å². The van der Waals surface area contributed by atoms with Gasteiger partial charge in [0.25, 0.3) is 5.91 Å². The van der Waals surface area contributed by atoms with Gasteiger partial charge in [0.1, 0.15) is 34.9 Å². The van der Waals surface area contributed by atoms with Crippen molar-refractivity contribution in [3.8, 4) is 0 Å². The summed E-state index contributed by atoms with van der Waals surface area (Å²) in [6, 6.07) is 3.87. The average Bonchev–Trinajstić information content (AvgIpc) is 3.73. The number of carbonyl (C=O) groups is 5. The van der Waals surface area contributed by atoms with Gasteiger partial charge in [0.15, 0.2) is 16.9 Å². The molecule has 5 N–H and O–H groups in total. The van der Waals surface area contributed by atoms with Crippen LogP contribution < -0.4 is 10.6 Å². The lowest BCUT2D eigenvalue weighted by molar-refractivity contribution is -0.167. The van der Waals surface area contributed by atoms with Gasteiger partial charge in [0.2, 0.25) is 11.1 Å². The van der Waals surface area contributed by atoms with Crippen molar-refractivity contribution >= 4 is 75.4 Å². The Morgan fingerprint density at radius 3 is 2.59 bits per heavy atom. The molecular formula is C26H23F4N9O9S3. The molecule has 2 saturated heterocycles. The lowest BCUT2D eigenvalue weighted by Crippen LogP contribution is -2.74. The third kappa shape index (κ3) is 8.54. The van der Waals surface area contributed by atoms with Crippen molar-refractivity contribution in [3.05, 3.63) is 46.7 Å². The van der Waals surface area contributed by atoms with E-state index in [1.807, 2.05) is 0 Å². The summed E-state index contributed by atoms with van der Waals surface area (Å²) in [4.78, 5) is 71.8. The fourth-order valence-corrected chi connectivity index (χ4v) is 7.98. The van der Waals surface area contributed by atoms with E-state index in [0.717, 1.165) is 45.7 Å². The van der Waals surface area contributed by atoms with Gasteiger partial charge in [0.05, 0.1) is 6.54 Å². The van der Waals surface area contributed by atoms with Crippen LogP contribution in [0.25, 0.3) is 0 Å². The molecule has 272 valence electrons. The zero-order valence-electron chi connectivity index (χ0n) is 25.3. The van der Waals surface area contributed by atoms with E-state index in [0.29, 0.717) is 16.9 Å². The van der Waals surface area contributed by atoms with Gasteiger partial charge < -0.3 is 30.4 Å². The molecule has 0 spiro atoms. The second-order valence-corrected chi connectivity index (χ2v) is 13.7. The number of benzene rings is 1. The number of anilines is 1. The van der Waals surface area contributed by atoms with Crippen LogP contribution in [0, 0.1) is 11.2 Å². The molecule has 3 amide bonds. The molecule has 3 unspecified atom stereocenters. The number of rotatable bonds is 14. The first-order valence-electron chi connectivity index (χ1n) is 14.1. The number of hydrogen-bond acceptors (Lipinski definition) is 15. The number of carboxylic acids is 2. The summed E-state index contributed by atoms with van der Waals surface area (Å²) in [5.74, 6) is -7.50. The van der Waals surface area contributed by atoms with Crippen molar-refractivity contribution in [2.24, 2.45) is 10.6 Å². The molecule has 0 aliphatic carbocycles. The van der Waals surface area contributed by atoms with E-state index < -0.39 is 82.0 Å². The molecule has 1 aromatic carbocycles. The van der Waals surface area contributed by atoms with E-state index in [2.05, 4.69) is 31.0 Å². The molecular weight excluding hydrogens is 755 g/mol. The monoisotopic (exact) mass is 777 g/mol. The number of aliphatic hydroxyl groups excluding tert-OH is 1. The molecule has 2 aliphatic rings. The van der Waals surface area contributed by atoms with Gasteiger partial charge in [-0.3, -0.25) is 24.5 Å². The van der Waals surface area contributed by atoms with Gasteiger partial charge in [-0.1, -0.05) is 29.1 Å². The number of carbonyl (C=O) groups excluding carboxylic acids is 3. The molecule has 0 bridgehead atoms. The van der Waals surface area contributed by atoms with Crippen molar-refractivity contribution < 1.29 is 61.7 Å². The Morgan fingerprint density at radius 1 is 1.20 bits per heavy atom. The first-order valence-corrected chi connectivity index (χ1v) is 17.0. The Bertz CT molecular complexity index is 1860. The molecule has 4 atom stereocenters. The van der Waals surface area contributed by atoms with Crippen LogP contribution in [-0.2, 0) is 42.0 Å². The van der Waals surface area contributed by atoms with Crippen LogP contribution in [-0.4, -0.2) is 123 Å². The number of nitrogens with zero attached hydrogens (tertiary/aromatic N) is 7. The minimum absolute atomic E-state index is 0.0276. The second-order valence-electron chi connectivity index (χ2n) is 10.8. The van der Waals surface area contributed by atoms with Gasteiger partial charge in [0, 0.05) is 23.4 Å².